The van der Waals surface area contributed by atoms with Gasteiger partial charge in [0.05, 0.1) is 14.2 Å². The summed E-state index contributed by atoms with van der Waals surface area (Å²) in [5, 5.41) is 0. The molecule has 8 nitrogen and oxygen atoms in total. The van der Waals surface area contributed by atoms with Crippen LogP contribution < -0.4 is 14.2 Å². The number of carbonyl (C=O) groups excluding carboxylic acids is 1. The first-order valence-electron chi connectivity index (χ1n) is 9.96. The summed E-state index contributed by atoms with van der Waals surface area (Å²) in [6.07, 6.45) is 0. The van der Waals surface area contributed by atoms with Crippen LogP contribution in [0, 0.1) is 13.8 Å². The van der Waals surface area contributed by atoms with Crippen molar-refractivity contribution in [2.45, 2.75) is 18.7 Å². The molecule has 2 aromatic rings. The third kappa shape index (κ3) is 5.11. The van der Waals surface area contributed by atoms with E-state index < -0.39 is 10.0 Å². The van der Waals surface area contributed by atoms with Crippen molar-refractivity contribution in [1.82, 2.24) is 9.21 Å². The molecule has 3 rings (SSSR count). The summed E-state index contributed by atoms with van der Waals surface area (Å²) in [5.74, 6) is 1.19. The number of benzene rings is 2. The largest absolute Gasteiger partial charge is 0.497 e. The van der Waals surface area contributed by atoms with E-state index in [0.29, 0.717) is 24.6 Å². The maximum atomic E-state index is 13.2. The Kier molecular flexibility index (Phi) is 7.07. The Morgan fingerprint density at radius 3 is 2.29 bits per heavy atom. The lowest BCUT2D eigenvalue weighted by molar-refractivity contribution is -0.134. The van der Waals surface area contributed by atoms with E-state index in [2.05, 4.69) is 0 Å². The Morgan fingerprint density at radius 1 is 0.935 bits per heavy atom. The molecular weight excluding hydrogens is 420 g/mol. The standard InChI is InChI=1S/C22H28N2O6S/c1-16-5-6-17(2)20(13-16)30-15-22(25)23-9-11-24(12-10-23)31(26,27)21-14-18(28-3)7-8-19(21)29-4/h5-8,13-14H,9-12,15H2,1-4H3. The second-order valence-corrected chi connectivity index (χ2v) is 9.27. The van der Waals surface area contributed by atoms with Gasteiger partial charge in [0, 0.05) is 32.2 Å². The number of hydrogen-bond donors (Lipinski definition) is 0. The van der Waals surface area contributed by atoms with E-state index in [4.69, 9.17) is 14.2 Å². The molecule has 2 aromatic carbocycles. The molecule has 0 radical (unpaired) electrons. The lowest BCUT2D eigenvalue weighted by Crippen LogP contribution is -2.51. The Bertz CT molecular complexity index is 1050. The molecule has 0 saturated carbocycles. The fourth-order valence-corrected chi connectivity index (χ4v) is 4.99. The first-order chi connectivity index (χ1) is 14.8. The minimum absolute atomic E-state index is 0.0485. The summed E-state index contributed by atoms with van der Waals surface area (Å²) in [6, 6.07) is 10.5. The van der Waals surface area contributed by atoms with E-state index in [9.17, 15) is 13.2 Å². The highest BCUT2D eigenvalue weighted by Gasteiger charge is 2.32. The molecule has 0 aliphatic carbocycles. The molecule has 1 saturated heterocycles. The van der Waals surface area contributed by atoms with E-state index >= 15 is 0 Å². The molecule has 0 N–H and O–H groups in total. The third-order valence-corrected chi connectivity index (χ3v) is 7.19. The lowest BCUT2D eigenvalue weighted by Gasteiger charge is -2.34. The zero-order valence-electron chi connectivity index (χ0n) is 18.3. The summed E-state index contributed by atoms with van der Waals surface area (Å²) < 4.78 is 43.8. The summed E-state index contributed by atoms with van der Waals surface area (Å²) in [4.78, 5) is 14.2. The summed E-state index contributed by atoms with van der Waals surface area (Å²) in [7, 11) is -0.894. The Labute approximate surface area is 183 Å². The van der Waals surface area contributed by atoms with Gasteiger partial charge in [0.1, 0.15) is 22.1 Å². The topological polar surface area (TPSA) is 85.4 Å². The van der Waals surface area contributed by atoms with E-state index in [1.165, 1.54) is 24.6 Å². The molecule has 168 valence electrons. The first-order valence-corrected chi connectivity index (χ1v) is 11.4. The van der Waals surface area contributed by atoms with Crippen molar-refractivity contribution < 1.29 is 27.4 Å². The van der Waals surface area contributed by atoms with Crippen molar-refractivity contribution in [1.29, 1.82) is 0 Å². The fourth-order valence-electron chi connectivity index (χ4n) is 3.40. The van der Waals surface area contributed by atoms with Crippen molar-refractivity contribution in [2.75, 3.05) is 47.0 Å². The average molecular weight is 449 g/mol. The maximum absolute atomic E-state index is 13.2. The number of hydrogen-bond acceptors (Lipinski definition) is 6. The van der Waals surface area contributed by atoms with E-state index in [-0.39, 0.29) is 36.2 Å². The van der Waals surface area contributed by atoms with Crippen molar-refractivity contribution in [2.24, 2.45) is 0 Å². The molecule has 1 heterocycles. The smallest absolute Gasteiger partial charge is 0.260 e. The number of methoxy groups -OCH3 is 2. The summed E-state index contributed by atoms with van der Waals surface area (Å²) in [6.45, 7) is 4.78. The maximum Gasteiger partial charge on any atom is 0.260 e. The van der Waals surface area contributed by atoms with Crippen LogP contribution in [0.15, 0.2) is 41.3 Å². The first kappa shape index (κ1) is 22.9. The monoisotopic (exact) mass is 448 g/mol. The van der Waals surface area contributed by atoms with Gasteiger partial charge in [-0.1, -0.05) is 12.1 Å². The van der Waals surface area contributed by atoms with Crippen LogP contribution in [0.4, 0.5) is 0 Å². The highest BCUT2D eigenvalue weighted by molar-refractivity contribution is 7.89. The number of sulfonamides is 1. The minimum Gasteiger partial charge on any atom is -0.497 e. The molecule has 0 aromatic heterocycles. The minimum atomic E-state index is -3.79. The molecule has 0 bridgehead atoms. The summed E-state index contributed by atoms with van der Waals surface area (Å²) >= 11 is 0. The van der Waals surface area contributed by atoms with Crippen molar-refractivity contribution in [3.8, 4) is 17.2 Å². The van der Waals surface area contributed by atoms with Crippen LogP contribution in [0.1, 0.15) is 11.1 Å². The normalized spacial score (nSPS) is 14.9. The quantitative estimate of drug-likeness (QED) is 0.646. The van der Waals surface area contributed by atoms with Crippen LogP contribution in [0.3, 0.4) is 0 Å². The van der Waals surface area contributed by atoms with Gasteiger partial charge in [0.15, 0.2) is 6.61 Å². The number of amides is 1. The number of carbonyl (C=O) groups is 1. The molecule has 0 atom stereocenters. The lowest BCUT2D eigenvalue weighted by atomic mass is 10.1. The Balaban J connectivity index is 1.63. The van der Waals surface area contributed by atoms with Crippen molar-refractivity contribution in [3.05, 3.63) is 47.5 Å². The van der Waals surface area contributed by atoms with E-state index in [0.717, 1.165) is 11.1 Å². The van der Waals surface area contributed by atoms with Gasteiger partial charge in [-0.15, -0.1) is 0 Å². The molecule has 1 amide bonds. The van der Waals surface area contributed by atoms with Crippen LogP contribution >= 0.6 is 0 Å². The highest BCUT2D eigenvalue weighted by Crippen LogP contribution is 2.31. The van der Waals surface area contributed by atoms with Gasteiger partial charge in [0.25, 0.3) is 5.91 Å². The molecule has 1 aliphatic rings. The van der Waals surface area contributed by atoms with Gasteiger partial charge in [-0.3, -0.25) is 4.79 Å². The van der Waals surface area contributed by atoms with Crippen LogP contribution in [-0.4, -0.2) is 70.5 Å². The Hall–Kier alpha value is -2.78. The zero-order chi connectivity index (χ0) is 22.6. The van der Waals surface area contributed by atoms with Gasteiger partial charge < -0.3 is 19.1 Å². The van der Waals surface area contributed by atoms with Gasteiger partial charge in [-0.2, -0.15) is 4.31 Å². The van der Waals surface area contributed by atoms with Gasteiger partial charge >= 0.3 is 0 Å². The molecule has 9 heteroatoms. The fraction of sp³-hybridized carbons (Fsp3) is 0.409. The van der Waals surface area contributed by atoms with Crippen molar-refractivity contribution >= 4 is 15.9 Å². The molecule has 1 aliphatic heterocycles. The number of ether oxygens (including phenoxy) is 3. The predicted octanol–water partition coefficient (Wildman–Crippen LogP) is 2.23. The van der Waals surface area contributed by atoms with Crippen LogP contribution in [-0.2, 0) is 14.8 Å². The van der Waals surface area contributed by atoms with Gasteiger partial charge in [-0.05, 0) is 43.2 Å². The molecule has 1 fully saturated rings. The van der Waals surface area contributed by atoms with Crippen LogP contribution in [0.5, 0.6) is 17.2 Å². The Morgan fingerprint density at radius 2 is 1.65 bits per heavy atom. The molecular formula is C22H28N2O6S. The van der Waals surface area contributed by atoms with E-state index in [1.807, 2.05) is 32.0 Å². The predicted molar refractivity (Wildman–Crippen MR) is 116 cm³/mol. The van der Waals surface area contributed by atoms with Gasteiger partial charge in [-0.25, -0.2) is 8.42 Å². The van der Waals surface area contributed by atoms with Crippen LogP contribution in [0.25, 0.3) is 0 Å². The second kappa shape index (κ2) is 9.57. The molecule has 0 spiro atoms. The molecule has 31 heavy (non-hydrogen) atoms. The van der Waals surface area contributed by atoms with E-state index in [1.54, 1.807) is 17.0 Å². The number of nitrogens with zero attached hydrogens (tertiary/aromatic N) is 2. The number of rotatable bonds is 7. The number of aryl methyl sites for hydroxylation is 2. The SMILES string of the molecule is COc1ccc(OC)c(S(=O)(=O)N2CCN(C(=O)COc3cc(C)ccc3C)CC2)c1. The van der Waals surface area contributed by atoms with Gasteiger partial charge in [0.2, 0.25) is 10.0 Å². The average Bonchev–Trinajstić information content (AvgIpc) is 2.79. The number of piperazine rings is 1. The highest BCUT2D eigenvalue weighted by atomic mass is 32.2. The summed E-state index contributed by atoms with van der Waals surface area (Å²) in [5.41, 5.74) is 2.02. The third-order valence-electron chi connectivity index (χ3n) is 5.27. The zero-order valence-corrected chi connectivity index (χ0v) is 19.1. The van der Waals surface area contributed by atoms with Crippen molar-refractivity contribution in [3.63, 3.8) is 0 Å². The second-order valence-electron chi connectivity index (χ2n) is 7.36. The van der Waals surface area contributed by atoms with Crippen LogP contribution in [0.2, 0.25) is 0 Å². The molecule has 0 unspecified atom stereocenters.